The number of thiophene rings is 1. The first kappa shape index (κ1) is 15.0. The molecule has 0 saturated heterocycles. The number of aryl methyl sites for hydroxylation is 2. The van der Waals surface area contributed by atoms with E-state index in [9.17, 15) is 8.42 Å². The average Bonchev–Trinajstić information content (AvgIpc) is 2.68. The fourth-order valence-corrected chi connectivity index (χ4v) is 4.43. The molecule has 1 heterocycles. The van der Waals surface area contributed by atoms with Gasteiger partial charge in [0.25, 0.3) is 0 Å². The number of nitrogens with two attached hydrogens (primary N) is 1. The number of nitrogen functional groups attached to an aromatic ring is 1. The molecule has 0 aliphatic rings. The molecule has 2 aromatic rings. The highest BCUT2D eigenvalue weighted by molar-refractivity contribution is 7.89. The summed E-state index contributed by atoms with van der Waals surface area (Å²) in [6.07, 6.45) is 0. The van der Waals surface area contributed by atoms with Gasteiger partial charge in [0.1, 0.15) is 0 Å². The van der Waals surface area contributed by atoms with Gasteiger partial charge in [-0.2, -0.15) is 0 Å². The van der Waals surface area contributed by atoms with E-state index in [0.29, 0.717) is 5.69 Å². The van der Waals surface area contributed by atoms with Crippen LogP contribution in [0.5, 0.6) is 0 Å². The van der Waals surface area contributed by atoms with E-state index < -0.39 is 10.0 Å². The molecule has 1 unspecified atom stereocenters. The molecule has 0 aliphatic heterocycles. The van der Waals surface area contributed by atoms with Crippen LogP contribution in [0.3, 0.4) is 0 Å². The summed E-state index contributed by atoms with van der Waals surface area (Å²) in [5, 5.41) is 0. The number of anilines is 1. The standard InChI is InChI=1S/C14H18N2O2S2/c1-9-7-14(11(3)19-9)10(2)16-20(17,18)13-6-4-5-12(15)8-13/h4-8,10,16H,15H2,1-3H3. The molecule has 1 aromatic carbocycles. The Morgan fingerprint density at radius 3 is 2.50 bits per heavy atom. The topological polar surface area (TPSA) is 72.2 Å². The molecule has 0 amide bonds. The molecule has 1 aromatic heterocycles. The second kappa shape index (κ2) is 5.55. The second-order valence-electron chi connectivity index (χ2n) is 4.78. The first-order valence-corrected chi connectivity index (χ1v) is 8.54. The second-order valence-corrected chi connectivity index (χ2v) is 7.96. The highest BCUT2D eigenvalue weighted by Gasteiger charge is 2.20. The van der Waals surface area contributed by atoms with Gasteiger partial charge in [0.15, 0.2) is 0 Å². The average molecular weight is 310 g/mol. The normalized spacial score (nSPS) is 13.3. The van der Waals surface area contributed by atoms with E-state index in [-0.39, 0.29) is 10.9 Å². The van der Waals surface area contributed by atoms with Crippen LogP contribution in [0.4, 0.5) is 5.69 Å². The van der Waals surface area contributed by atoms with Crippen LogP contribution in [0, 0.1) is 13.8 Å². The summed E-state index contributed by atoms with van der Waals surface area (Å²) >= 11 is 1.67. The molecule has 20 heavy (non-hydrogen) atoms. The smallest absolute Gasteiger partial charge is 0.241 e. The van der Waals surface area contributed by atoms with Crippen molar-refractivity contribution in [3.8, 4) is 0 Å². The molecule has 3 N–H and O–H groups in total. The lowest BCUT2D eigenvalue weighted by Gasteiger charge is -2.14. The molecular weight excluding hydrogens is 292 g/mol. The van der Waals surface area contributed by atoms with Crippen molar-refractivity contribution in [3.63, 3.8) is 0 Å². The van der Waals surface area contributed by atoms with Crippen LogP contribution in [0.2, 0.25) is 0 Å². The molecule has 0 saturated carbocycles. The van der Waals surface area contributed by atoms with E-state index >= 15 is 0 Å². The Kier molecular flexibility index (Phi) is 4.17. The van der Waals surface area contributed by atoms with Crippen molar-refractivity contribution >= 4 is 27.0 Å². The molecule has 0 bridgehead atoms. The van der Waals surface area contributed by atoms with Gasteiger partial charge in [0.2, 0.25) is 10.0 Å². The third-order valence-electron chi connectivity index (χ3n) is 3.05. The Bertz CT molecular complexity index is 721. The van der Waals surface area contributed by atoms with Crippen LogP contribution in [-0.4, -0.2) is 8.42 Å². The van der Waals surface area contributed by atoms with E-state index in [1.165, 1.54) is 17.0 Å². The lowest BCUT2D eigenvalue weighted by atomic mass is 10.1. The van der Waals surface area contributed by atoms with Crippen molar-refractivity contribution in [1.29, 1.82) is 0 Å². The Balaban J connectivity index is 2.26. The minimum atomic E-state index is -3.56. The number of hydrogen-bond acceptors (Lipinski definition) is 4. The van der Waals surface area contributed by atoms with Crippen molar-refractivity contribution in [2.75, 3.05) is 5.73 Å². The van der Waals surface area contributed by atoms with E-state index in [0.717, 1.165) is 10.4 Å². The van der Waals surface area contributed by atoms with Gasteiger partial charge in [0, 0.05) is 21.5 Å². The maximum absolute atomic E-state index is 12.3. The summed E-state index contributed by atoms with van der Waals surface area (Å²) in [6, 6.07) is 8.04. The van der Waals surface area contributed by atoms with E-state index in [2.05, 4.69) is 4.72 Å². The molecule has 0 radical (unpaired) electrons. The molecule has 1 atom stereocenters. The van der Waals surface area contributed by atoms with Crippen LogP contribution in [0.15, 0.2) is 35.2 Å². The summed E-state index contributed by atoms with van der Waals surface area (Å²) in [6.45, 7) is 5.86. The van der Waals surface area contributed by atoms with Crippen molar-refractivity contribution < 1.29 is 8.42 Å². The third-order valence-corrected chi connectivity index (χ3v) is 5.57. The van der Waals surface area contributed by atoms with Gasteiger partial charge in [-0.05, 0) is 50.6 Å². The van der Waals surface area contributed by atoms with E-state index in [1.807, 2.05) is 26.8 Å². The minimum absolute atomic E-state index is 0.189. The van der Waals surface area contributed by atoms with Crippen LogP contribution in [-0.2, 0) is 10.0 Å². The molecular formula is C14H18N2O2S2. The molecule has 2 rings (SSSR count). The number of benzene rings is 1. The predicted octanol–water partition coefficient (Wildman–Crippen LogP) is 2.99. The van der Waals surface area contributed by atoms with E-state index in [1.54, 1.807) is 23.5 Å². The molecule has 6 heteroatoms. The van der Waals surface area contributed by atoms with Gasteiger partial charge < -0.3 is 5.73 Å². The zero-order valence-corrected chi connectivity index (χ0v) is 13.3. The Hall–Kier alpha value is -1.37. The van der Waals surface area contributed by atoms with Gasteiger partial charge in [-0.3, -0.25) is 0 Å². The molecule has 108 valence electrons. The zero-order valence-electron chi connectivity index (χ0n) is 11.7. The van der Waals surface area contributed by atoms with Crippen molar-refractivity contribution in [1.82, 2.24) is 4.72 Å². The first-order valence-electron chi connectivity index (χ1n) is 6.24. The third kappa shape index (κ3) is 3.20. The maximum atomic E-state index is 12.3. The molecule has 4 nitrogen and oxygen atoms in total. The highest BCUT2D eigenvalue weighted by atomic mass is 32.2. The lowest BCUT2D eigenvalue weighted by molar-refractivity contribution is 0.567. The van der Waals surface area contributed by atoms with Gasteiger partial charge in [-0.25, -0.2) is 13.1 Å². The molecule has 0 aliphatic carbocycles. The van der Waals surface area contributed by atoms with Gasteiger partial charge in [-0.1, -0.05) is 6.07 Å². The van der Waals surface area contributed by atoms with Crippen LogP contribution < -0.4 is 10.5 Å². The van der Waals surface area contributed by atoms with Crippen LogP contribution >= 0.6 is 11.3 Å². The summed E-state index contributed by atoms with van der Waals surface area (Å²) in [5.74, 6) is 0. The summed E-state index contributed by atoms with van der Waals surface area (Å²) in [7, 11) is -3.56. The quantitative estimate of drug-likeness (QED) is 0.853. The Labute approximate surface area is 123 Å². The SMILES string of the molecule is Cc1cc(C(C)NS(=O)(=O)c2cccc(N)c2)c(C)s1. The lowest BCUT2D eigenvalue weighted by Crippen LogP contribution is -2.27. The molecule has 0 fully saturated rings. The summed E-state index contributed by atoms with van der Waals surface area (Å²) in [4.78, 5) is 2.49. The van der Waals surface area contributed by atoms with E-state index in [4.69, 9.17) is 5.73 Å². The fourth-order valence-electron chi connectivity index (χ4n) is 2.13. The monoisotopic (exact) mass is 310 g/mol. The predicted molar refractivity (Wildman–Crippen MR) is 83.4 cm³/mol. The van der Waals surface area contributed by atoms with Gasteiger partial charge in [0.05, 0.1) is 4.90 Å². The number of hydrogen-bond donors (Lipinski definition) is 2. The number of sulfonamides is 1. The van der Waals surface area contributed by atoms with Crippen molar-refractivity contribution in [2.24, 2.45) is 0 Å². The molecule has 0 spiro atoms. The van der Waals surface area contributed by atoms with Crippen LogP contribution in [0.25, 0.3) is 0 Å². The zero-order chi connectivity index (χ0) is 14.9. The number of rotatable bonds is 4. The maximum Gasteiger partial charge on any atom is 0.241 e. The van der Waals surface area contributed by atoms with Crippen molar-refractivity contribution in [2.45, 2.75) is 31.7 Å². The number of nitrogens with one attached hydrogen (secondary N) is 1. The Morgan fingerprint density at radius 2 is 1.95 bits per heavy atom. The van der Waals surface area contributed by atoms with Crippen molar-refractivity contribution in [3.05, 3.63) is 45.6 Å². The highest BCUT2D eigenvalue weighted by Crippen LogP contribution is 2.27. The summed E-state index contributed by atoms with van der Waals surface area (Å²) < 4.78 is 27.3. The first-order chi connectivity index (χ1) is 9.29. The summed E-state index contributed by atoms with van der Waals surface area (Å²) in [5.41, 5.74) is 7.08. The largest absolute Gasteiger partial charge is 0.399 e. The van der Waals surface area contributed by atoms with Crippen LogP contribution in [0.1, 0.15) is 28.3 Å². The van der Waals surface area contributed by atoms with Gasteiger partial charge >= 0.3 is 0 Å². The minimum Gasteiger partial charge on any atom is -0.399 e. The Morgan fingerprint density at radius 1 is 1.25 bits per heavy atom. The fraction of sp³-hybridized carbons (Fsp3) is 0.286. The van der Waals surface area contributed by atoms with Gasteiger partial charge in [-0.15, -0.1) is 11.3 Å².